The third kappa shape index (κ3) is 4.28. The van der Waals surface area contributed by atoms with Gasteiger partial charge in [0.1, 0.15) is 0 Å². The molecule has 0 aliphatic carbocycles. The molecule has 1 unspecified atom stereocenters. The Morgan fingerprint density at radius 1 is 1.35 bits per heavy atom. The Morgan fingerprint density at radius 3 is 2.60 bits per heavy atom. The van der Waals surface area contributed by atoms with Crippen molar-refractivity contribution < 1.29 is 18.3 Å². The quantitative estimate of drug-likeness (QED) is 0.743. The highest BCUT2D eigenvalue weighted by molar-refractivity contribution is 7.89. The lowest BCUT2D eigenvalue weighted by molar-refractivity contribution is 0.135. The molecule has 5 nitrogen and oxygen atoms in total. The van der Waals surface area contributed by atoms with E-state index in [0.717, 1.165) is 0 Å². The van der Waals surface area contributed by atoms with Gasteiger partial charge in [0.15, 0.2) is 0 Å². The van der Waals surface area contributed by atoms with Gasteiger partial charge >= 0.3 is 0 Å². The highest BCUT2D eigenvalue weighted by Gasteiger charge is 2.23. The van der Waals surface area contributed by atoms with E-state index in [1.165, 1.54) is 10.4 Å². The van der Waals surface area contributed by atoms with Crippen molar-refractivity contribution >= 4 is 10.0 Å². The van der Waals surface area contributed by atoms with Crippen molar-refractivity contribution in [3.63, 3.8) is 0 Å². The molecule has 0 heterocycles. The second-order valence-electron chi connectivity index (χ2n) is 4.44. The number of nitrogens with zero attached hydrogens (tertiary/aromatic N) is 1. The maximum Gasteiger partial charge on any atom is 0.243 e. The van der Waals surface area contributed by atoms with Crippen LogP contribution in [0.4, 0.5) is 0 Å². The molecule has 0 aliphatic heterocycles. The standard InChI is InChI=1S/C14H23NO4S/c1-4-15(9-10-19-5-2)20(17,18)14-8-6-7-13(11-14)12(3)16/h6-8,11-12,16H,4-5,9-10H2,1-3H3. The zero-order chi connectivity index (χ0) is 15.2. The van der Waals surface area contributed by atoms with E-state index in [0.29, 0.717) is 31.9 Å². The molecule has 0 saturated heterocycles. The molecule has 1 aromatic carbocycles. The summed E-state index contributed by atoms with van der Waals surface area (Å²) in [5, 5.41) is 9.55. The molecule has 0 spiro atoms. The minimum absolute atomic E-state index is 0.203. The van der Waals surface area contributed by atoms with Crippen LogP contribution in [-0.2, 0) is 14.8 Å². The highest BCUT2D eigenvalue weighted by atomic mass is 32.2. The Hall–Kier alpha value is -0.950. The normalized spacial score (nSPS) is 13.7. The van der Waals surface area contributed by atoms with Gasteiger partial charge in [-0.2, -0.15) is 4.31 Å². The lowest BCUT2D eigenvalue weighted by Crippen LogP contribution is -2.34. The topological polar surface area (TPSA) is 66.8 Å². The molecule has 114 valence electrons. The number of benzene rings is 1. The number of sulfonamides is 1. The van der Waals surface area contributed by atoms with E-state index >= 15 is 0 Å². The first-order valence-electron chi connectivity index (χ1n) is 6.79. The number of hydrogen-bond donors (Lipinski definition) is 1. The van der Waals surface area contributed by atoms with Crippen LogP contribution in [0.2, 0.25) is 0 Å². The SMILES string of the molecule is CCOCCN(CC)S(=O)(=O)c1cccc(C(C)O)c1. The summed E-state index contributed by atoms with van der Waals surface area (Å²) in [6, 6.07) is 6.42. The van der Waals surface area contributed by atoms with Crippen LogP contribution in [0.25, 0.3) is 0 Å². The molecule has 0 bridgehead atoms. The average molecular weight is 301 g/mol. The van der Waals surface area contributed by atoms with Crippen LogP contribution in [0.5, 0.6) is 0 Å². The molecule has 0 aliphatic rings. The lowest BCUT2D eigenvalue weighted by atomic mass is 10.1. The Balaban J connectivity index is 2.98. The Bertz CT molecular complexity index is 514. The van der Waals surface area contributed by atoms with Gasteiger partial charge in [-0.05, 0) is 31.5 Å². The van der Waals surface area contributed by atoms with Gasteiger partial charge in [-0.1, -0.05) is 19.1 Å². The number of aliphatic hydroxyl groups is 1. The first kappa shape index (κ1) is 17.1. The second kappa shape index (κ2) is 7.73. The van der Waals surface area contributed by atoms with E-state index in [-0.39, 0.29) is 4.90 Å². The summed E-state index contributed by atoms with van der Waals surface area (Å²) in [6.45, 7) is 6.92. The van der Waals surface area contributed by atoms with Gasteiger partial charge in [0.2, 0.25) is 10.0 Å². The fourth-order valence-corrected chi connectivity index (χ4v) is 3.33. The molecule has 0 radical (unpaired) electrons. The minimum atomic E-state index is -3.55. The van der Waals surface area contributed by atoms with Crippen LogP contribution >= 0.6 is 0 Å². The van der Waals surface area contributed by atoms with Crippen molar-refractivity contribution in [3.05, 3.63) is 29.8 Å². The second-order valence-corrected chi connectivity index (χ2v) is 6.38. The fourth-order valence-electron chi connectivity index (χ4n) is 1.84. The number of ether oxygens (including phenoxy) is 1. The number of aliphatic hydroxyl groups excluding tert-OH is 1. The zero-order valence-electron chi connectivity index (χ0n) is 12.2. The summed E-state index contributed by atoms with van der Waals surface area (Å²) in [6.07, 6.45) is -0.691. The average Bonchev–Trinajstić information content (AvgIpc) is 2.43. The first-order valence-corrected chi connectivity index (χ1v) is 8.23. The van der Waals surface area contributed by atoms with E-state index in [2.05, 4.69) is 0 Å². The molecule has 20 heavy (non-hydrogen) atoms. The van der Waals surface area contributed by atoms with Crippen LogP contribution in [0, 0.1) is 0 Å². The van der Waals surface area contributed by atoms with E-state index < -0.39 is 16.1 Å². The van der Waals surface area contributed by atoms with Gasteiger partial charge in [0.25, 0.3) is 0 Å². The van der Waals surface area contributed by atoms with Crippen LogP contribution < -0.4 is 0 Å². The zero-order valence-corrected chi connectivity index (χ0v) is 13.1. The van der Waals surface area contributed by atoms with Crippen molar-refractivity contribution in [2.75, 3.05) is 26.3 Å². The fraction of sp³-hybridized carbons (Fsp3) is 0.571. The van der Waals surface area contributed by atoms with Crippen molar-refractivity contribution in [2.24, 2.45) is 0 Å². The molecular weight excluding hydrogens is 278 g/mol. The summed E-state index contributed by atoms with van der Waals surface area (Å²) in [5.74, 6) is 0. The smallest absolute Gasteiger partial charge is 0.243 e. The maximum absolute atomic E-state index is 12.5. The monoisotopic (exact) mass is 301 g/mol. The summed E-state index contributed by atoms with van der Waals surface area (Å²) in [4.78, 5) is 0.203. The summed E-state index contributed by atoms with van der Waals surface area (Å²) in [5.41, 5.74) is 0.590. The van der Waals surface area contributed by atoms with E-state index in [1.807, 2.05) is 6.92 Å². The Morgan fingerprint density at radius 2 is 2.05 bits per heavy atom. The number of rotatable bonds is 8. The first-order chi connectivity index (χ1) is 9.43. The predicted molar refractivity (Wildman–Crippen MR) is 78.0 cm³/mol. The summed E-state index contributed by atoms with van der Waals surface area (Å²) in [7, 11) is -3.55. The van der Waals surface area contributed by atoms with Crippen molar-refractivity contribution in [2.45, 2.75) is 31.8 Å². The lowest BCUT2D eigenvalue weighted by Gasteiger charge is -2.21. The van der Waals surface area contributed by atoms with Crippen LogP contribution in [-0.4, -0.2) is 44.1 Å². The Labute approximate surface area is 121 Å². The summed E-state index contributed by atoms with van der Waals surface area (Å²) >= 11 is 0. The molecule has 6 heteroatoms. The van der Waals surface area contributed by atoms with E-state index in [4.69, 9.17) is 4.74 Å². The molecule has 1 atom stereocenters. The number of likely N-dealkylation sites (N-methyl/N-ethyl adjacent to an activating group) is 1. The molecule has 0 amide bonds. The third-order valence-electron chi connectivity index (χ3n) is 3.02. The van der Waals surface area contributed by atoms with Gasteiger partial charge in [0, 0.05) is 19.7 Å². The van der Waals surface area contributed by atoms with Crippen molar-refractivity contribution in [3.8, 4) is 0 Å². The number of hydrogen-bond acceptors (Lipinski definition) is 4. The van der Waals surface area contributed by atoms with Gasteiger partial charge < -0.3 is 9.84 Å². The third-order valence-corrected chi connectivity index (χ3v) is 4.99. The molecule has 1 rings (SSSR count). The van der Waals surface area contributed by atoms with Crippen LogP contribution in [0.15, 0.2) is 29.2 Å². The summed E-state index contributed by atoms with van der Waals surface area (Å²) < 4.78 is 31.6. The van der Waals surface area contributed by atoms with Gasteiger partial charge in [-0.25, -0.2) is 8.42 Å². The van der Waals surface area contributed by atoms with E-state index in [9.17, 15) is 13.5 Å². The van der Waals surface area contributed by atoms with Gasteiger partial charge in [0.05, 0.1) is 17.6 Å². The van der Waals surface area contributed by atoms with Crippen molar-refractivity contribution in [1.82, 2.24) is 4.31 Å². The van der Waals surface area contributed by atoms with E-state index in [1.54, 1.807) is 32.0 Å². The van der Waals surface area contributed by atoms with Crippen LogP contribution in [0.1, 0.15) is 32.4 Å². The molecule has 1 aromatic rings. The largest absolute Gasteiger partial charge is 0.389 e. The molecular formula is C14H23NO4S. The Kier molecular flexibility index (Phi) is 6.61. The molecule has 0 saturated carbocycles. The molecule has 0 fully saturated rings. The van der Waals surface area contributed by atoms with Crippen molar-refractivity contribution in [1.29, 1.82) is 0 Å². The highest BCUT2D eigenvalue weighted by Crippen LogP contribution is 2.20. The predicted octanol–water partition coefficient (Wildman–Crippen LogP) is 1.79. The van der Waals surface area contributed by atoms with Gasteiger partial charge in [-0.3, -0.25) is 0 Å². The maximum atomic E-state index is 12.5. The van der Waals surface area contributed by atoms with Crippen LogP contribution in [0.3, 0.4) is 0 Å². The molecule has 0 aromatic heterocycles. The molecule has 1 N–H and O–H groups in total. The van der Waals surface area contributed by atoms with Gasteiger partial charge in [-0.15, -0.1) is 0 Å². The minimum Gasteiger partial charge on any atom is -0.389 e.